The van der Waals surface area contributed by atoms with Crippen LogP contribution in [0.3, 0.4) is 0 Å². The van der Waals surface area contributed by atoms with E-state index in [0.717, 1.165) is 23.3 Å². The molecule has 2 N–H and O–H groups in total. The van der Waals surface area contributed by atoms with E-state index in [0.29, 0.717) is 12.1 Å². The van der Waals surface area contributed by atoms with Crippen LogP contribution < -0.4 is 5.73 Å². The van der Waals surface area contributed by atoms with Crippen molar-refractivity contribution in [1.29, 1.82) is 0 Å². The minimum absolute atomic E-state index is 0.229. The molecule has 1 unspecified atom stereocenters. The van der Waals surface area contributed by atoms with Crippen molar-refractivity contribution < 1.29 is 4.39 Å². The smallest absolute Gasteiger partial charge is 0.128 e. The maximum atomic E-state index is 14.2. The minimum Gasteiger partial charge on any atom is -0.328 e. The Morgan fingerprint density at radius 2 is 1.86 bits per heavy atom. The molecule has 1 atom stereocenters. The van der Waals surface area contributed by atoms with E-state index in [9.17, 15) is 4.39 Å². The predicted octanol–water partition coefficient (Wildman–Crippen LogP) is 3.29. The van der Waals surface area contributed by atoms with Gasteiger partial charge in [0.25, 0.3) is 0 Å². The van der Waals surface area contributed by atoms with Gasteiger partial charge >= 0.3 is 0 Å². The number of hydrogen-bond acceptors (Lipinski definition) is 2. The highest BCUT2D eigenvalue weighted by Gasteiger charge is 2.21. The third-order valence-electron chi connectivity index (χ3n) is 3.78. The average Bonchev–Trinajstić information content (AvgIpc) is 2.89. The molecule has 4 heteroatoms. The second kappa shape index (κ2) is 5.66. The molecule has 0 saturated carbocycles. The van der Waals surface area contributed by atoms with Crippen LogP contribution in [-0.4, -0.2) is 16.1 Å². The first-order valence-electron chi connectivity index (χ1n) is 7.16. The largest absolute Gasteiger partial charge is 0.328 e. The lowest BCUT2D eigenvalue weighted by Crippen LogP contribution is -2.23. The molecule has 21 heavy (non-hydrogen) atoms. The number of aromatic nitrogens is 2. The third kappa shape index (κ3) is 2.32. The van der Waals surface area contributed by atoms with Gasteiger partial charge in [0, 0.05) is 18.5 Å². The number of halogens is 1. The van der Waals surface area contributed by atoms with Crippen LogP contribution in [0.2, 0.25) is 0 Å². The van der Waals surface area contributed by atoms with Crippen molar-refractivity contribution in [2.24, 2.45) is 5.73 Å². The van der Waals surface area contributed by atoms with Crippen LogP contribution >= 0.6 is 0 Å². The van der Waals surface area contributed by atoms with Crippen molar-refractivity contribution in [1.82, 2.24) is 9.55 Å². The summed E-state index contributed by atoms with van der Waals surface area (Å²) in [6.45, 7) is 2.38. The van der Waals surface area contributed by atoms with E-state index in [1.165, 1.54) is 6.07 Å². The Kier molecular flexibility index (Phi) is 3.71. The molecular formula is C17H18FN3. The zero-order valence-corrected chi connectivity index (χ0v) is 12.0. The van der Waals surface area contributed by atoms with Gasteiger partial charge in [-0.3, -0.25) is 0 Å². The molecule has 108 valence electrons. The summed E-state index contributed by atoms with van der Waals surface area (Å²) in [5.74, 6) is 0.697. The highest BCUT2D eigenvalue weighted by atomic mass is 19.1. The Labute approximate surface area is 123 Å². The minimum atomic E-state index is -0.242. The Balaban J connectivity index is 2.24. The summed E-state index contributed by atoms with van der Waals surface area (Å²) >= 11 is 0. The van der Waals surface area contributed by atoms with E-state index in [-0.39, 0.29) is 11.9 Å². The molecule has 0 bridgehead atoms. The molecule has 0 saturated heterocycles. The maximum Gasteiger partial charge on any atom is 0.128 e. The number of benzene rings is 2. The standard InChI is InChI=1S/C17H18FN3/c1-2-17-20-14-9-5-6-10-15(14)21(17)16(11-19)12-7-3-4-8-13(12)18/h3-10,16H,2,11,19H2,1H3. The monoisotopic (exact) mass is 283 g/mol. The molecule has 3 rings (SSSR count). The lowest BCUT2D eigenvalue weighted by molar-refractivity contribution is 0.532. The second-order valence-electron chi connectivity index (χ2n) is 5.01. The van der Waals surface area contributed by atoms with E-state index in [2.05, 4.69) is 9.55 Å². The fourth-order valence-corrected chi connectivity index (χ4v) is 2.81. The third-order valence-corrected chi connectivity index (χ3v) is 3.78. The summed E-state index contributed by atoms with van der Waals surface area (Å²) in [6, 6.07) is 14.5. The summed E-state index contributed by atoms with van der Waals surface area (Å²) in [6.07, 6.45) is 0.777. The summed E-state index contributed by atoms with van der Waals surface area (Å²) in [5.41, 5.74) is 8.49. The second-order valence-corrected chi connectivity index (χ2v) is 5.01. The van der Waals surface area contributed by atoms with Gasteiger partial charge in [0.15, 0.2) is 0 Å². The molecule has 1 aromatic heterocycles. The summed E-state index contributed by atoms with van der Waals surface area (Å²) in [4.78, 5) is 4.64. The first-order chi connectivity index (χ1) is 10.3. The Bertz CT molecular complexity index is 764. The molecule has 0 aliphatic carbocycles. The first kappa shape index (κ1) is 13.8. The molecule has 0 aliphatic heterocycles. The highest BCUT2D eigenvalue weighted by Crippen LogP contribution is 2.27. The zero-order valence-electron chi connectivity index (χ0n) is 12.0. The number of para-hydroxylation sites is 2. The van der Waals surface area contributed by atoms with Gasteiger partial charge < -0.3 is 10.3 Å². The number of nitrogens with two attached hydrogens (primary N) is 1. The highest BCUT2D eigenvalue weighted by molar-refractivity contribution is 5.76. The predicted molar refractivity (Wildman–Crippen MR) is 82.7 cm³/mol. The molecule has 1 heterocycles. The molecule has 3 nitrogen and oxygen atoms in total. The Hall–Kier alpha value is -2.20. The molecule has 0 aliphatic rings. The molecule has 0 spiro atoms. The van der Waals surface area contributed by atoms with Gasteiger partial charge in [0.2, 0.25) is 0 Å². The van der Waals surface area contributed by atoms with Crippen molar-refractivity contribution in [2.45, 2.75) is 19.4 Å². The van der Waals surface area contributed by atoms with Crippen LogP contribution in [0.1, 0.15) is 24.4 Å². The van der Waals surface area contributed by atoms with E-state index < -0.39 is 0 Å². The molecule has 0 fully saturated rings. The Morgan fingerprint density at radius 1 is 1.14 bits per heavy atom. The fourth-order valence-electron chi connectivity index (χ4n) is 2.81. The van der Waals surface area contributed by atoms with Crippen LogP contribution in [0.25, 0.3) is 11.0 Å². The summed E-state index contributed by atoms with van der Waals surface area (Å²) < 4.78 is 16.2. The molecule has 0 radical (unpaired) electrons. The quantitative estimate of drug-likeness (QED) is 0.798. The van der Waals surface area contributed by atoms with Gasteiger partial charge in [-0.25, -0.2) is 9.37 Å². The Morgan fingerprint density at radius 3 is 2.57 bits per heavy atom. The number of fused-ring (bicyclic) bond motifs is 1. The number of rotatable bonds is 4. The average molecular weight is 283 g/mol. The fraction of sp³-hybridized carbons (Fsp3) is 0.235. The van der Waals surface area contributed by atoms with E-state index in [4.69, 9.17) is 5.73 Å². The molecule has 2 aromatic carbocycles. The normalized spacial score (nSPS) is 12.7. The van der Waals surface area contributed by atoms with Gasteiger partial charge in [-0.2, -0.15) is 0 Å². The van der Waals surface area contributed by atoms with Crippen LogP contribution in [0.5, 0.6) is 0 Å². The molecule has 0 amide bonds. The lowest BCUT2D eigenvalue weighted by Gasteiger charge is -2.21. The lowest BCUT2D eigenvalue weighted by atomic mass is 10.1. The summed E-state index contributed by atoms with van der Waals surface area (Å²) in [7, 11) is 0. The van der Waals surface area contributed by atoms with Crippen LogP contribution in [0.15, 0.2) is 48.5 Å². The van der Waals surface area contributed by atoms with Gasteiger partial charge in [-0.1, -0.05) is 37.3 Å². The van der Waals surface area contributed by atoms with Crippen molar-refractivity contribution in [3.05, 3.63) is 65.7 Å². The summed E-state index contributed by atoms with van der Waals surface area (Å²) in [5, 5.41) is 0. The van der Waals surface area contributed by atoms with E-state index in [1.807, 2.05) is 37.3 Å². The topological polar surface area (TPSA) is 43.8 Å². The number of hydrogen-bond donors (Lipinski definition) is 1. The number of aryl methyl sites for hydroxylation is 1. The molecular weight excluding hydrogens is 265 g/mol. The van der Waals surface area contributed by atoms with Crippen molar-refractivity contribution in [3.8, 4) is 0 Å². The number of nitrogens with zero attached hydrogens (tertiary/aromatic N) is 2. The van der Waals surface area contributed by atoms with E-state index in [1.54, 1.807) is 12.1 Å². The van der Waals surface area contributed by atoms with Gasteiger partial charge in [-0.05, 0) is 18.2 Å². The van der Waals surface area contributed by atoms with Gasteiger partial charge in [-0.15, -0.1) is 0 Å². The van der Waals surface area contributed by atoms with Crippen molar-refractivity contribution in [2.75, 3.05) is 6.54 Å². The van der Waals surface area contributed by atoms with Crippen LogP contribution in [0, 0.1) is 5.82 Å². The van der Waals surface area contributed by atoms with E-state index >= 15 is 0 Å². The number of imidazole rings is 1. The van der Waals surface area contributed by atoms with Crippen molar-refractivity contribution >= 4 is 11.0 Å². The zero-order chi connectivity index (χ0) is 14.8. The van der Waals surface area contributed by atoms with Gasteiger partial charge in [0.1, 0.15) is 11.6 Å². The first-order valence-corrected chi connectivity index (χ1v) is 7.16. The van der Waals surface area contributed by atoms with Crippen LogP contribution in [0.4, 0.5) is 4.39 Å². The maximum absolute atomic E-state index is 14.2. The van der Waals surface area contributed by atoms with Crippen LogP contribution in [-0.2, 0) is 6.42 Å². The van der Waals surface area contributed by atoms with Crippen molar-refractivity contribution in [3.63, 3.8) is 0 Å². The SMILES string of the molecule is CCc1nc2ccccc2n1C(CN)c1ccccc1F. The molecule has 3 aromatic rings. The van der Waals surface area contributed by atoms with Gasteiger partial charge in [0.05, 0.1) is 17.1 Å².